The summed E-state index contributed by atoms with van der Waals surface area (Å²) in [5.74, 6) is -1.07. The molecule has 28 heavy (non-hydrogen) atoms. The van der Waals surface area contributed by atoms with Crippen LogP contribution in [0.4, 0.5) is 4.79 Å². The van der Waals surface area contributed by atoms with E-state index in [9.17, 15) is 19.2 Å². The molecule has 2 aromatic rings. The maximum atomic E-state index is 12.4. The van der Waals surface area contributed by atoms with Gasteiger partial charge in [-0.3, -0.25) is 19.3 Å². The first-order valence-electron chi connectivity index (χ1n) is 8.74. The van der Waals surface area contributed by atoms with Crippen LogP contribution in [0, 0.1) is 0 Å². The van der Waals surface area contributed by atoms with E-state index in [4.69, 9.17) is 4.74 Å². The van der Waals surface area contributed by atoms with Crippen molar-refractivity contribution in [2.75, 3.05) is 13.1 Å². The number of carbonyl (C=O) groups is 4. The van der Waals surface area contributed by atoms with Gasteiger partial charge in [0.1, 0.15) is 11.8 Å². The summed E-state index contributed by atoms with van der Waals surface area (Å²) >= 11 is 0. The number of fused-ring (bicyclic) bond motifs is 1. The molecule has 1 unspecified atom stereocenters. The van der Waals surface area contributed by atoms with Crippen molar-refractivity contribution in [2.24, 2.45) is 0 Å². The Labute approximate surface area is 161 Å². The standard InChI is InChI=1S/C20H19N3O5/c1-13(23-18(25)15-9-5-6-10-16(15)19(23)26)17(24)21-11-12-22-20(27)28-14-7-3-2-4-8-14/h2-10,13H,11-12H2,1H3,(H,21,24)(H,22,27). The van der Waals surface area contributed by atoms with Crippen LogP contribution in [-0.2, 0) is 4.79 Å². The van der Waals surface area contributed by atoms with Crippen LogP contribution < -0.4 is 15.4 Å². The third-order valence-electron chi connectivity index (χ3n) is 4.24. The summed E-state index contributed by atoms with van der Waals surface area (Å²) < 4.78 is 5.05. The lowest BCUT2D eigenvalue weighted by atomic mass is 10.1. The molecule has 0 fully saturated rings. The number of amides is 4. The molecular weight excluding hydrogens is 362 g/mol. The number of para-hydroxylation sites is 1. The van der Waals surface area contributed by atoms with Crippen molar-refractivity contribution in [3.8, 4) is 5.75 Å². The number of hydrogen-bond donors (Lipinski definition) is 2. The Bertz CT molecular complexity index is 878. The molecule has 0 radical (unpaired) electrons. The lowest BCUT2D eigenvalue weighted by Crippen LogP contribution is -2.49. The zero-order chi connectivity index (χ0) is 20.1. The van der Waals surface area contributed by atoms with Crippen molar-refractivity contribution in [3.05, 3.63) is 65.7 Å². The zero-order valence-electron chi connectivity index (χ0n) is 15.2. The normalized spacial score (nSPS) is 13.7. The number of hydrogen-bond acceptors (Lipinski definition) is 5. The summed E-state index contributed by atoms with van der Waals surface area (Å²) in [4.78, 5) is 49.7. The second-order valence-corrected chi connectivity index (χ2v) is 6.12. The summed E-state index contributed by atoms with van der Waals surface area (Å²) in [5, 5.41) is 5.09. The number of benzene rings is 2. The zero-order valence-corrected chi connectivity index (χ0v) is 15.2. The highest BCUT2D eigenvalue weighted by Crippen LogP contribution is 2.24. The number of carbonyl (C=O) groups excluding carboxylic acids is 4. The molecule has 0 saturated carbocycles. The van der Waals surface area contributed by atoms with Gasteiger partial charge in [-0.2, -0.15) is 0 Å². The van der Waals surface area contributed by atoms with E-state index in [1.807, 2.05) is 0 Å². The van der Waals surface area contributed by atoms with Crippen LogP contribution in [0.3, 0.4) is 0 Å². The van der Waals surface area contributed by atoms with E-state index in [0.29, 0.717) is 5.75 Å². The summed E-state index contributed by atoms with van der Waals surface area (Å²) in [5.41, 5.74) is 0.579. The molecule has 0 spiro atoms. The van der Waals surface area contributed by atoms with E-state index in [2.05, 4.69) is 10.6 Å². The molecule has 0 aliphatic carbocycles. The van der Waals surface area contributed by atoms with Crippen molar-refractivity contribution in [3.63, 3.8) is 0 Å². The van der Waals surface area contributed by atoms with Crippen LogP contribution in [0.1, 0.15) is 27.6 Å². The van der Waals surface area contributed by atoms with Crippen molar-refractivity contribution in [1.82, 2.24) is 15.5 Å². The van der Waals surface area contributed by atoms with Crippen molar-refractivity contribution < 1.29 is 23.9 Å². The lowest BCUT2D eigenvalue weighted by Gasteiger charge is -2.21. The number of rotatable bonds is 6. The van der Waals surface area contributed by atoms with E-state index in [-0.39, 0.29) is 24.2 Å². The van der Waals surface area contributed by atoms with E-state index in [1.165, 1.54) is 6.92 Å². The molecule has 1 aliphatic heterocycles. The smallest absolute Gasteiger partial charge is 0.410 e. The van der Waals surface area contributed by atoms with Gasteiger partial charge in [-0.25, -0.2) is 4.79 Å². The lowest BCUT2D eigenvalue weighted by molar-refractivity contribution is -0.124. The SMILES string of the molecule is CC(C(=O)NCCNC(=O)Oc1ccccc1)N1C(=O)c2ccccc2C1=O. The first-order valence-corrected chi connectivity index (χ1v) is 8.74. The molecule has 2 N–H and O–H groups in total. The van der Waals surface area contributed by atoms with Gasteiger partial charge in [0, 0.05) is 13.1 Å². The minimum Gasteiger partial charge on any atom is -0.410 e. The molecule has 2 aromatic carbocycles. The fourth-order valence-corrected chi connectivity index (χ4v) is 2.81. The van der Waals surface area contributed by atoms with Crippen LogP contribution >= 0.6 is 0 Å². The Kier molecular flexibility index (Phi) is 5.69. The van der Waals surface area contributed by atoms with Crippen LogP contribution in [0.5, 0.6) is 5.75 Å². The van der Waals surface area contributed by atoms with E-state index < -0.39 is 29.9 Å². The fourth-order valence-electron chi connectivity index (χ4n) is 2.81. The third kappa shape index (κ3) is 4.01. The molecular formula is C20H19N3O5. The van der Waals surface area contributed by atoms with Crippen molar-refractivity contribution >= 4 is 23.8 Å². The van der Waals surface area contributed by atoms with Gasteiger partial charge in [0.25, 0.3) is 11.8 Å². The molecule has 1 heterocycles. The molecule has 3 rings (SSSR count). The molecule has 0 saturated heterocycles. The molecule has 8 heteroatoms. The summed E-state index contributed by atoms with van der Waals surface area (Å²) in [7, 11) is 0. The summed E-state index contributed by atoms with van der Waals surface area (Å²) in [6, 6.07) is 14.0. The Hall–Kier alpha value is -3.68. The van der Waals surface area contributed by atoms with Gasteiger partial charge in [-0.05, 0) is 31.2 Å². The van der Waals surface area contributed by atoms with Crippen LogP contribution in [0.25, 0.3) is 0 Å². The predicted octanol–water partition coefficient (Wildman–Crippen LogP) is 1.58. The van der Waals surface area contributed by atoms with Crippen LogP contribution in [-0.4, -0.2) is 47.8 Å². The second kappa shape index (κ2) is 8.34. The predicted molar refractivity (Wildman–Crippen MR) is 99.9 cm³/mol. The molecule has 8 nitrogen and oxygen atoms in total. The Morgan fingerprint density at radius 2 is 1.43 bits per heavy atom. The molecule has 0 bridgehead atoms. The second-order valence-electron chi connectivity index (χ2n) is 6.12. The average molecular weight is 381 g/mol. The Balaban J connectivity index is 1.46. The highest BCUT2D eigenvalue weighted by Gasteiger charge is 2.40. The molecule has 4 amide bonds. The van der Waals surface area contributed by atoms with Gasteiger partial charge in [-0.15, -0.1) is 0 Å². The first kappa shape index (κ1) is 19.1. The quantitative estimate of drug-likeness (QED) is 0.584. The number of nitrogens with zero attached hydrogens (tertiary/aromatic N) is 1. The van der Waals surface area contributed by atoms with Crippen molar-refractivity contribution in [1.29, 1.82) is 0 Å². The van der Waals surface area contributed by atoms with Gasteiger partial charge < -0.3 is 15.4 Å². The average Bonchev–Trinajstić information content (AvgIpc) is 2.96. The number of nitrogens with one attached hydrogen (secondary N) is 2. The van der Waals surface area contributed by atoms with Crippen LogP contribution in [0.2, 0.25) is 0 Å². The largest absolute Gasteiger partial charge is 0.412 e. The number of ether oxygens (including phenoxy) is 1. The molecule has 1 aliphatic rings. The monoisotopic (exact) mass is 381 g/mol. The summed E-state index contributed by atoms with van der Waals surface area (Å²) in [6.45, 7) is 1.73. The van der Waals surface area contributed by atoms with Gasteiger partial charge in [0.15, 0.2) is 0 Å². The Morgan fingerprint density at radius 1 is 0.893 bits per heavy atom. The van der Waals surface area contributed by atoms with E-state index >= 15 is 0 Å². The fraction of sp³-hybridized carbons (Fsp3) is 0.200. The Morgan fingerprint density at radius 3 is 2.04 bits per heavy atom. The van der Waals surface area contributed by atoms with Gasteiger partial charge in [-0.1, -0.05) is 30.3 Å². The first-order chi connectivity index (χ1) is 13.5. The van der Waals surface area contributed by atoms with Gasteiger partial charge in [0.2, 0.25) is 5.91 Å². The highest BCUT2D eigenvalue weighted by atomic mass is 16.6. The van der Waals surface area contributed by atoms with E-state index in [1.54, 1.807) is 54.6 Å². The minimum absolute atomic E-state index is 0.121. The third-order valence-corrected chi connectivity index (χ3v) is 4.24. The highest BCUT2D eigenvalue weighted by molar-refractivity contribution is 6.22. The molecule has 0 aromatic heterocycles. The van der Waals surface area contributed by atoms with Gasteiger partial charge >= 0.3 is 6.09 Å². The van der Waals surface area contributed by atoms with E-state index in [0.717, 1.165) is 4.90 Å². The molecule has 144 valence electrons. The summed E-state index contributed by atoms with van der Waals surface area (Å²) in [6.07, 6.45) is -0.645. The number of imide groups is 1. The molecule has 1 atom stereocenters. The van der Waals surface area contributed by atoms with Crippen molar-refractivity contribution in [2.45, 2.75) is 13.0 Å². The van der Waals surface area contributed by atoms with Gasteiger partial charge in [0.05, 0.1) is 11.1 Å². The topological polar surface area (TPSA) is 105 Å². The maximum Gasteiger partial charge on any atom is 0.412 e. The van der Waals surface area contributed by atoms with Crippen LogP contribution in [0.15, 0.2) is 54.6 Å². The maximum absolute atomic E-state index is 12.4. The minimum atomic E-state index is -0.969.